The van der Waals surface area contributed by atoms with Crippen molar-refractivity contribution in [3.63, 3.8) is 0 Å². The van der Waals surface area contributed by atoms with Gasteiger partial charge in [-0.15, -0.1) is 5.10 Å². The molecule has 90 valence electrons. The zero-order chi connectivity index (χ0) is 12.3. The highest BCUT2D eigenvalue weighted by Gasteiger charge is 2.07. The molecular weight excluding hydrogens is 236 g/mol. The summed E-state index contributed by atoms with van der Waals surface area (Å²) in [6.45, 7) is 3.32. The van der Waals surface area contributed by atoms with E-state index in [2.05, 4.69) is 10.3 Å². The number of nitrogens with two attached hydrogens (primary N) is 1. The van der Waals surface area contributed by atoms with Crippen LogP contribution in [-0.2, 0) is 13.0 Å². The first-order chi connectivity index (χ1) is 8.20. The van der Waals surface area contributed by atoms with Crippen molar-refractivity contribution < 1.29 is 0 Å². The molecule has 0 aliphatic heterocycles. The van der Waals surface area contributed by atoms with Crippen LogP contribution in [0, 0.1) is 6.92 Å². The largest absolute Gasteiger partial charge is 0.330 e. The van der Waals surface area contributed by atoms with E-state index in [0.717, 1.165) is 28.4 Å². The molecule has 2 N–H and O–H groups in total. The van der Waals surface area contributed by atoms with Gasteiger partial charge in [-0.25, -0.2) is 4.68 Å². The third-order valence-electron chi connectivity index (χ3n) is 2.70. The van der Waals surface area contributed by atoms with E-state index in [-0.39, 0.29) is 0 Å². The molecule has 5 heteroatoms. The highest BCUT2D eigenvalue weighted by Crippen LogP contribution is 2.12. The minimum Gasteiger partial charge on any atom is -0.330 e. The van der Waals surface area contributed by atoms with Gasteiger partial charge in [0.2, 0.25) is 0 Å². The molecule has 2 aromatic rings. The van der Waals surface area contributed by atoms with Gasteiger partial charge in [0.25, 0.3) is 0 Å². The Bertz CT molecular complexity index is 490. The molecule has 1 heterocycles. The second kappa shape index (κ2) is 5.29. The van der Waals surface area contributed by atoms with Gasteiger partial charge in [-0.1, -0.05) is 28.9 Å². The maximum absolute atomic E-state index is 5.84. The van der Waals surface area contributed by atoms with Gasteiger partial charge in [-0.2, -0.15) is 0 Å². The van der Waals surface area contributed by atoms with Crippen LogP contribution in [0.25, 0.3) is 0 Å². The van der Waals surface area contributed by atoms with Crippen LogP contribution < -0.4 is 5.73 Å². The molecule has 1 aromatic carbocycles. The lowest BCUT2D eigenvalue weighted by atomic mass is 10.2. The molecule has 0 unspecified atom stereocenters. The lowest BCUT2D eigenvalue weighted by molar-refractivity contribution is 0.633. The van der Waals surface area contributed by atoms with Crippen LogP contribution in [0.4, 0.5) is 0 Å². The monoisotopic (exact) mass is 250 g/mol. The smallest absolute Gasteiger partial charge is 0.0868 e. The van der Waals surface area contributed by atoms with Gasteiger partial charge in [-0.3, -0.25) is 0 Å². The van der Waals surface area contributed by atoms with Crippen molar-refractivity contribution >= 4 is 11.6 Å². The number of hydrogen-bond donors (Lipinski definition) is 1. The summed E-state index contributed by atoms with van der Waals surface area (Å²) in [6.07, 6.45) is 0.770. The lowest BCUT2D eigenvalue weighted by Gasteiger charge is -2.04. The Morgan fingerprint density at radius 1 is 1.29 bits per heavy atom. The van der Waals surface area contributed by atoms with Gasteiger partial charge in [0, 0.05) is 11.4 Å². The highest BCUT2D eigenvalue weighted by atomic mass is 35.5. The van der Waals surface area contributed by atoms with Crippen molar-refractivity contribution in [2.45, 2.75) is 19.9 Å². The van der Waals surface area contributed by atoms with Gasteiger partial charge < -0.3 is 5.73 Å². The summed E-state index contributed by atoms with van der Waals surface area (Å²) in [7, 11) is 0. The topological polar surface area (TPSA) is 56.7 Å². The predicted octanol–water partition coefficient (Wildman–Crippen LogP) is 1.79. The lowest BCUT2D eigenvalue weighted by Crippen LogP contribution is -2.06. The summed E-state index contributed by atoms with van der Waals surface area (Å²) in [5, 5.41) is 9.00. The van der Waals surface area contributed by atoms with Gasteiger partial charge in [0.1, 0.15) is 0 Å². The maximum atomic E-state index is 5.84. The summed E-state index contributed by atoms with van der Waals surface area (Å²) in [6, 6.07) is 7.74. The van der Waals surface area contributed by atoms with Crippen molar-refractivity contribution in [2.75, 3.05) is 6.54 Å². The first-order valence-electron chi connectivity index (χ1n) is 5.54. The fraction of sp³-hybridized carbons (Fsp3) is 0.333. The quantitative estimate of drug-likeness (QED) is 0.900. The Balaban J connectivity index is 2.16. The molecule has 0 bridgehead atoms. The normalized spacial score (nSPS) is 10.8. The van der Waals surface area contributed by atoms with E-state index >= 15 is 0 Å². The fourth-order valence-electron chi connectivity index (χ4n) is 1.68. The number of rotatable bonds is 4. The fourth-order valence-corrected chi connectivity index (χ4v) is 1.80. The van der Waals surface area contributed by atoms with E-state index in [4.69, 9.17) is 17.3 Å². The zero-order valence-electron chi connectivity index (χ0n) is 9.73. The molecule has 4 nitrogen and oxygen atoms in total. The van der Waals surface area contributed by atoms with Crippen LogP contribution in [0.1, 0.15) is 17.0 Å². The number of halogens is 1. The first-order valence-corrected chi connectivity index (χ1v) is 5.92. The third kappa shape index (κ3) is 2.84. The molecule has 17 heavy (non-hydrogen) atoms. The second-order valence-electron chi connectivity index (χ2n) is 3.94. The molecule has 1 aromatic heterocycles. The van der Waals surface area contributed by atoms with E-state index < -0.39 is 0 Å². The minimum absolute atomic E-state index is 0.598. The molecular formula is C12H15ClN4. The van der Waals surface area contributed by atoms with E-state index in [0.29, 0.717) is 13.1 Å². The minimum atomic E-state index is 0.598. The zero-order valence-corrected chi connectivity index (χ0v) is 10.5. The van der Waals surface area contributed by atoms with Gasteiger partial charge in [0.15, 0.2) is 0 Å². The Kier molecular flexibility index (Phi) is 3.76. The van der Waals surface area contributed by atoms with Crippen molar-refractivity contribution in [3.05, 3.63) is 46.2 Å². The average Bonchev–Trinajstić information content (AvgIpc) is 2.65. The molecule has 0 radical (unpaired) electrons. The highest BCUT2D eigenvalue weighted by molar-refractivity contribution is 6.30. The van der Waals surface area contributed by atoms with Crippen LogP contribution in [0.2, 0.25) is 5.02 Å². The molecule has 0 spiro atoms. The summed E-state index contributed by atoms with van der Waals surface area (Å²) in [4.78, 5) is 0. The summed E-state index contributed by atoms with van der Waals surface area (Å²) >= 11 is 5.84. The van der Waals surface area contributed by atoms with Crippen molar-refractivity contribution in [3.8, 4) is 0 Å². The van der Waals surface area contributed by atoms with Gasteiger partial charge >= 0.3 is 0 Å². The number of nitrogens with zero attached hydrogens (tertiary/aromatic N) is 3. The van der Waals surface area contributed by atoms with Crippen LogP contribution >= 0.6 is 11.6 Å². The Labute approximate surface area is 105 Å². The average molecular weight is 251 g/mol. The molecule has 2 rings (SSSR count). The predicted molar refractivity (Wildman–Crippen MR) is 68.1 cm³/mol. The van der Waals surface area contributed by atoms with Crippen molar-refractivity contribution in [2.24, 2.45) is 5.73 Å². The molecule has 0 amide bonds. The van der Waals surface area contributed by atoms with E-state index in [9.17, 15) is 0 Å². The van der Waals surface area contributed by atoms with Gasteiger partial charge in [-0.05, 0) is 31.2 Å². The van der Waals surface area contributed by atoms with Crippen LogP contribution in [0.15, 0.2) is 24.3 Å². The molecule has 0 saturated heterocycles. The SMILES string of the molecule is Cc1c(CCN)nnn1Cc1ccc(Cl)cc1. The number of hydrogen-bond acceptors (Lipinski definition) is 3. The molecule has 0 aliphatic carbocycles. The van der Waals surface area contributed by atoms with E-state index in [1.165, 1.54) is 0 Å². The summed E-state index contributed by atoms with van der Waals surface area (Å²) in [5.41, 5.74) is 8.72. The number of aromatic nitrogens is 3. The molecule has 0 aliphatic rings. The van der Waals surface area contributed by atoms with Crippen LogP contribution in [0.5, 0.6) is 0 Å². The van der Waals surface area contributed by atoms with E-state index in [1.54, 1.807) is 0 Å². The maximum Gasteiger partial charge on any atom is 0.0868 e. The standard InChI is InChI=1S/C12H15ClN4/c1-9-12(6-7-14)15-16-17(9)8-10-2-4-11(13)5-3-10/h2-5H,6-8,14H2,1H3. The first kappa shape index (κ1) is 12.1. The van der Waals surface area contributed by atoms with Crippen LogP contribution in [0.3, 0.4) is 0 Å². The van der Waals surface area contributed by atoms with E-state index in [1.807, 2.05) is 35.9 Å². The summed E-state index contributed by atoms with van der Waals surface area (Å²) in [5.74, 6) is 0. The molecule has 0 saturated carbocycles. The Morgan fingerprint density at radius 3 is 2.65 bits per heavy atom. The van der Waals surface area contributed by atoms with Gasteiger partial charge in [0.05, 0.1) is 17.9 Å². The Hall–Kier alpha value is -1.39. The Morgan fingerprint density at radius 2 is 2.00 bits per heavy atom. The molecule has 0 fully saturated rings. The number of benzene rings is 1. The van der Waals surface area contributed by atoms with Crippen molar-refractivity contribution in [1.82, 2.24) is 15.0 Å². The van der Waals surface area contributed by atoms with Crippen molar-refractivity contribution in [1.29, 1.82) is 0 Å². The summed E-state index contributed by atoms with van der Waals surface area (Å²) < 4.78 is 1.88. The third-order valence-corrected chi connectivity index (χ3v) is 2.96. The molecule has 0 atom stereocenters. The van der Waals surface area contributed by atoms with Crippen LogP contribution in [-0.4, -0.2) is 21.5 Å². The second-order valence-corrected chi connectivity index (χ2v) is 4.38.